The van der Waals surface area contributed by atoms with Crippen LogP contribution in [0.2, 0.25) is 0 Å². The van der Waals surface area contributed by atoms with Crippen molar-refractivity contribution in [1.82, 2.24) is 10.3 Å². The van der Waals surface area contributed by atoms with Crippen LogP contribution in [0.25, 0.3) is 0 Å². The highest BCUT2D eigenvalue weighted by Gasteiger charge is 2.09. The Labute approximate surface area is 121 Å². The second-order valence-electron chi connectivity index (χ2n) is 4.73. The molecule has 0 aliphatic rings. The topological polar surface area (TPSA) is 67.6 Å². The Morgan fingerprint density at radius 3 is 2.50 bits per heavy atom. The van der Waals surface area contributed by atoms with Crippen molar-refractivity contribution >= 4 is 5.91 Å². The van der Waals surface area contributed by atoms with Gasteiger partial charge in [-0.25, -0.2) is 5.84 Å². The summed E-state index contributed by atoms with van der Waals surface area (Å²) in [7, 11) is 0. The van der Waals surface area contributed by atoms with E-state index in [1.54, 1.807) is 24.3 Å². The van der Waals surface area contributed by atoms with Gasteiger partial charge in [0.2, 0.25) is 0 Å². The van der Waals surface area contributed by atoms with Gasteiger partial charge in [0.15, 0.2) is 0 Å². The number of ether oxygens (including phenoxy) is 1. The van der Waals surface area contributed by atoms with E-state index in [1.165, 1.54) is 0 Å². The summed E-state index contributed by atoms with van der Waals surface area (Å²) in [5.41, 5.74) is 2.62. The molecule has 5 heteroatoms. The van der Waals surface area contributed by atoms with Gasteiger partial charge < -0.3 is 4.74 Å². The number of amides is 1. The molecule has 1 atom stereocenters. The Morgan fingerprint density at radius 1 is 1.35 bits per heavy atom. The fourth-order valence-corrected chi connectivity index (χ4v) is 2.01. The van der Waals surface area contributed by atoms with Crippen LogP contribution < -0.4 is 16.0 Å². The fraction of sp³-hybridized carbons (Fsp3) is 0.533. The summed E-state index contributed by atoms with van der Waals surface area (Å²) in [6, 6.07) is 7.53. The Hall–Kier alpha value is -1.59. The maximum Gasteiger partial charge on any atom is 0.265 e. The van der Waals surface area contributed by atoms with E-state index in [-0.39, 0.29) is 5.91 Å². The van der Waals surface area contributed by atoms with Crippen molar-refractivity contribution in [3.8, 4) is 5.75 Å². The summed E-state index contributed by atoms with van der Waals surface area (Å²) in [6.45, 7) is 9.14. The van der Waals surface area contributed by atoms with Crippen LogP contribution in [0.4, 0.5) is 0 Å². The molecule has 0 aromatic heterocycles. The van der Waals surface area contributed by atoms with Gasteiger partial charge in [-0.15, -0.1) is 0 Å². The highest BCUT2D eigenvalue weighted by atomic mass is 16.5. The van der Waals surface area contributed by atoms with Crippen LogP contribution in [0.1, 0.15) is 37.6 Å². The number of carbonyl (C=O) groups excluding carboxylic acids is 1. The Balaban J connectivity index is 2.44. The number of nitrogens with zero attached hydrogens (tertiary/aromatic N) is 1. The van der Waals surface area contributed by atoms with Crippen molar-refractivity contribution in [3.05, 3.63) is 29.8 Å². The van der Waals surface area contributed by atoms with Crippen molar-refractivity contribution in [2.45, 2.75) is 33.2 Å². The molecule has 0 bridgehead atoms. The van der Waals surface area contributed by atoms with E-state index in [4.69, 9.17) is 10.6 Å². The molecule has 1 aromatic rings. The molecular formula is C15H25N3O2. The number of rotatable bonds is 8. The molecule has 0 spiro atoms. The van der Waals surface area contributed by atoms with Crippen LogP contribution in [0.5, 0.6) is 5.75 Å². The van der Waals surface area contributed by atoms with Gasteiger partial charge in [0, 0.05) is 18.2 Å². The normalized spacial score (nSPS) is 12.2. The average Bonchev–Trinajstić information content (AvgIpc) is 2.50. The standard InChI is InChI=1S/C15H25N3O2/c1-4-12(3)18(5-2)10-11-20-14-8-6-13(7-9-14)15(19)17-16/h6-9,12H,4-5,10-11,16H2,1-3H3,(H,17,19). The third-order valence-corrected chi connectivity index (χ3v) is 3.52. The highest BCUT2D eigenvalue weighted by molar-refractivity contribution is 5.93. The summed E-state index contributed by atoms with van der Waals surface area (Å²) < 4.78 is 5.70. The van der Waals surface area contributed by atoms with Crippen molar-refractivity contribution in [2.75, 3.05) is 19.7 Å². The summed E-state index contributed by atoms with van der Waals surface area (Å²) in [4.78, 5) is 13.7. The number of likely N-dealkylation sites (N-methyl/N-ethyl adjacent to an activating group) is 1. The minimum Gasteiger partial charge on any atom is -0.492 e. The molecular weight excluding hydrogens is 254 g/mol. The first-order valence-electron chi connectivity index (χ1n) is 7.10. The lowest BCUT2D eigenvalue weighted by Gasteiger charge is -2.26. The minimum absolute atomic E-state index is 0.300. The Morgan fingerprint density at radius 2 is 2.00 bits per heavy atom. The van der Waals surface area contributed by atoms with E-state index < -0.39 is 0 Å². The van der Waals surface area contributed by atoms with Gasteiger partial charge in [-0.1, -0.05) is 13.8 Å². The Kier molecular flexibility index (Phi) is 7.04. The van der Waals surface area contributed by atoms with Crippen molar-refractivity contribution in [2.24, 2.45) is 5.84 Å². The summed E-state index contributed by atoms with van der Waals surface area (Å²) in [6.07, 6.45) is 1.14. The smallest absolute Gasteiger partial charge is 0.265 e. The van der Waals surface area contributed by atoms with Crippen molar-refractivity contribution in [1.29, 1.82) is 0 Å². The van der Waals surface area contributed by atoms with Crippen LogP contribution in [-0.4, -0.2) is 36.5 Å². The maximum absolute atomic E-state index is 11.3. The number of nitrogen functional groups attached to an aromatic ring is 1. The fourth-order valence-electron chi connectivity index (χ4n) is 2.01. The lowest BCUT2D eigenvalue weighted by atomic mass is 10.2. The zero-order chi connectivity index (χ0) is 15.0. The molecule has 0 aliphatic heterocycles. The van der Waals surface area contributed by atoms with Gasteiger partial charge in [0.25, 0.3) is 5.91 Å². The van der Waals surface area contributed by atoms with Crippen molar-refractivity contribution in [3.63, 3.8) is 0 Å². The SMILES string of the molecule is CCC(C)N(CC)CCOc1ccc(C(=O)NN)cc1. The zero-order valence-electron chi connectivity index (χ0n) is 12.6. The summed E-state index contributed by atoms with van der Waals surface area (Å²) >= 11 is 0. The molecule has 0 saturated carbocycles. The second kappa shape index (κ2) is 8.55. The van der Waals surface area contributed by atoms with E-state index in [2.05, 4.69) is 31.1 Å². The van der Waals surface area contributed by atoms with E-state index in [9.17, 15) is 4.79 Å². The van der Waals surface area contributed by atoms with E-state index >= 15 is 0 Å². The molecule has 1 aromatic carbocycles. The lowest BCUT2D eigenvalue weighted by molar-refractivity contribution is 0.0953. The van der Waals surface area contributed by atoms with Crippen LogP contribution in [0.3, 0.4) is 0 Å². The molecule has 0 radical (unpaired) electrons. The van der Waals surface area contributed by atoms with Crippen molar-refractivity contribution < 1.29 is 9.53 Å². The molecule has 1 unspecified atom stereocenters. The number of carbonyl (C=O) groups is 1. The maximum atomic E-state index is 11.3. The quantitative estimate of drug-likeness (QED) is 0.432. The monoisotopic (exact) mass is 279 g/mol. The van der Waals surface area contributed by atoms with Crippen LogP contribution in [0.15, 0.2) is 24.3 Å². The molecule has 5 nitrogen and oxygen atoms in total. The third-order valence-electron chi connectivity index (χ3n) is 3.52. The first kappa shape index (κ1) is 16.5. The van der Waals surface area contributed by atoms with Crippen LogP contribution in [0, 0.1) is 0 Å². The molecule has 3 N–H and O–H groups in total. The van der Waals surface area contributed by atoms with Crippen LogP contribution >= 0.6 is 0 Å². The number of benzene rings is 1. The molecule has 112 valence electrons. The van der Waals surface area contributed by atoms with Gasteiger partial charge in [-0.05, 0) is 44.2 Å². The zero-order valence-corrected chi connectivity index (χ0v) is 12.6. The predicted molar refractivity (Wildman–Crippen MR) is 80.6 cm³/mol. The van der Waals surface area contributed by atoms with E-state index in [0.717, 1.165) is 25.3 Å². The number of hydrogen-bond acceptors (Lipinski definition) is 4. The lowest BCUT2D eigenvalue weighted by Crippen LogP contribution is -2.35. The molecule has 1 amide bonds. The molecule has 0 aliphatic carbocycles. The van der Waals surface area contributed by atoms with E-state index in [1.807, 2.05) is 0 Å². The number of hydrazine groups is 1. The average molecular weight is 279 g/mol. The first-order valence-corrected chi connectivity index (χ1v) is 7.10. The third kappa shape index (κ3) is 4.83. The van der Waals surface area contributed by atoms with Gasteiger partial charge in [-0.3, -0.25) is 15.1 Å². The minimum atomic E-state index is -0.300. The number of nitrogens with two attached hydrogens (primary N) is 1. The van der Waals surface area contributed by atoms with Crippen LogP contribution in [-0.2, 0) is 0 Å². The Bertz CT molecular complexity index is 406. The summed E-state index contributed by atoms with van der Waals surface area (Å²) in [5, 5.41) is 0. The van der Waals surface area contributed by atoms with Gasteiger partial charge in [-0.2, -0.15) is 0 Å². The molecule has 0 saturated heterocycles. The predicted octanol–water partition coefficient (Wildman–Crippen LogP) is 1.79. The van der Waals surface area contributed by atoms with E-state index in [0.29, 0.717) is 18.2 Å². The molecule has 20 heavy (non-hydrogen) atoms. The van der Waals surface area contributed by atoms with Gasteiger partial charge in [0.05, 0.1) is 0 Å². The van der Waals surface area contributed by atoms with Gasteiger partial charge >= 0.3 is 0 Å². The largest absolute Gasteiger partial charge is 0.492 e. The van der Waals surface area contributed by atoms with Gasteiger partial charge in [0.1, 0.15) is 12.4 Å². The summed E-state index contributed by atoms with van der Waals surface area (Å²) in [5.74, 6) is 5.54. The highest BCUT2D eigenvalue weighted by Crippen LogP contribution is 2.12. The molecule has 0 fully saturated rings. The number of nitrogens with one attached hydrogen (secondary N) is 1. The number of hydrogen-bond donors (Lipinski definition) is 2. The second-order valence-corrected chi connectivity index (χ2v) is 4.73. The molecule has 0 heterocycles. The molecule has 1 rings (SSSR count). The first-order chi connectivity index (χ1) is 9.62.